The predicted octanol–water partition coefficient (Wildman–Crippen LogP) is 3.17. The monoisotopic (exact) mass is 379 g/mol. The molecule has 0 saturated carbocycles. The second-order valence-electron chi connectivity index (χ2n) is 3.75. The number of ether oxygens (including phenoxy) is 1. The number of nitrogens with one attached hydrogen (secondary N) is 1. The lowest BCUT2D eigenvalue weighted by atomic mass is 10.2. The molecule has 0 amide bonds. The lowest BCUT2D eigenvalue weighted by molar-refractivity contribution is -0.139. The average molecular weight is 381 g/mol. The van der Waals surface area contributed by atoms with Crippen molar-refractivity contribution in [1.29, 1.82) is 0 Å². The molecule has 0 bridgehead atoms. The van der Waals surface area contributed by atoms with E-state index in [2.05, 4.69) is 37.2 Å². The highest BCUT2D eigenvalue weighted by Crippen LogP contribution is 2.33. The van der Waals surface area contributed by atoms with Crippen LogP contribution in [0.1, 0.15) is 19.4 Å². The molecule has 6 heteroatoms. The summed E-state index contributed by atoms with van der Waals surface area (Å²) in [5, 5.41) is 11.8. The number of halogens is 2. The Bertz CT molecular complexity index is 438. The third kappa shape index (κ3) is 4.26. The molecule has 0 spiro atoms. The molecule has 0 fully saturated rings. The second-order valence-corrected chi connectivity index (χ2v) is 5.52. The minimum absolute atomic E-state index is 0.431. The molecule has 1 unspecified atom stereocenters. The average Bonchev–Trinajstić information content (AvgIpc) is 2.29. The summed E-state index contributed by atoms with van der Waals surface area (Å²) in [5.74, 6) is -0.132. The molecule has 1 atom stereocenters. The van der Waals surface area contributed by atoms with Gasteiger partial charge in [0.05, 0.1) is 11.1 Å². The van der Waals surface area contributed by atoms with E-state index in [1.165, 1.54) is 0 Å². The van der Waals surface area contributed by atoms with Crippen LogP contribution in [0.15, 0.2) is 21.1 Å². The lowest BCUT2D eigenvalue weighted by Gasteiger charge is -2.15. The summed E-state index contributed by atoms with van der Waals surface area (Å²) in [6.45, 7) is 4.50. The van der Waals surface area contributed by atoms with Gasteiger partial charge in [-0.3, -0.25) is 4.79 Å². The first-order chi connectivity index (χ1) is 8.45. The smallest absolute Gasteiger partial charge is 0.320 e. The van der Waals surface area contributed by atoms with E-state index in [1.54, 1.807) is 6.92 Å². The van der Waals surface area contributed by atoms with Crippen LogP contribution in [0.4, 0.5) is 0 Å². The fourth-order valence-corrected chi connectivity index (χ4v) is 2.83. The molecule has 2 N–H and O–H groups in total. The van der Waals surface area contributed by atoms with Crippen molar-refractivity contribution in [3.05, 3.63) is 26.6 Å². The van der Waals surface area contributed by atoms with E-state index in [4.69, 9.17) is 9.84 Å². The van der Waals surface area contributed by atoms with Crippen molar-refractivity contribution in [3.63, 3.8) is 0 Å². The van der Waals surface area contributed by atoms with Crippen molar-refractivity contribution in [2.75, 3.05) is 6.61 Å². The zero-order valence-electron chi connectivity index (χ0n) is 10.2. The van der Waals surface area contributed by atoms with Gasteiger partial charge in [0.1, 0.15) is 11.8 Å². The quantitative estimate of drug-likeness (QED) is 0.795. The lowest BCUT2D eigenvalue weighted by Crippen LogP contribution is -2.33. The van der Waals surface area contributed by atoms with Crippen LogP contribution < -0.4 is 10.1 Å². The third-order valence-electron chi connectivity index (χ3n) is 2.34. The highest BCUT2D eigenvalue weighted by molar-refractivity contribution is 9.11. The normalized spacial score (nSPS) is 12.2. The highest BCUT2D eigenvalue weighted by Gasteiger charge is 2.13. The van der Waals surface area contributed by atoms with E-state index < -0.39 is 12.0 Å². The third-order valence-corrected chi connectivity index (χ3v) is 3.39. The van der Waals surface area contributed by atoms with Crippen LogP contribution in [0.5, 0.6) is 5.75 Å². The molecular formula is C12H15Br2NO3. The Balaban J connectivity index is 2.89. The topological polar surface area (TPSA) is 58.6 Å². The van der Waals surface area contributed by atoms with Gasteiger partial charge in [0, 0.05) is 16.6 Å². The van der Waals surface area contributed by atoms with E-state index in [0.717, 1.165) is 20.3 Å². The SMILES string of the molecule is CCOc1c(Br)cc(Br)cc1CNC(C)C(=O)O. The van der Waals surface area contributed by atoms with Gasteiger partial charge in [-0.25, -0.2) is 0 Å². The van der Waals surface area contributed by atoms with E-state index in [-0.39, 0.29) is 0 Å². The number of aliphatic carboxylic acids is 1. The second kappa shape index (κ2) is 7.11. The van der Waals surface area contributed by atoms with Gasteiger partial charge in [-0.15, -0.1) is 0 Å². The Kier molecular flexibility index (Phi) is 6.11. The first-order valence-corrected chi connectivity index (χ1v) is 7.11. The molecule has 0 aliphatic carbocycles. The van der Waals surface area contributed by atoms with Crippen molar-refractivity contribution in [1.82, 2.24) is 5.32 Å². The molecule has 1 aromatic carbocycles. The fourth-order valence-electron chi connectivity index (χ4n) is 1.40. The molecule has 1 aromatic rings. The highest BCUT2D eigenvalue weighted by atomic mass is 79.9. The summed E-state index contributed by atoms with van der Waals surface area (Å²) < 4.78 is 7.32. The van der Waals surface area contributed by atoms with Crippen LogP contribution >= 0.6 is 31.9 Å². The van der Waals surface area contributed by atoms with Gasteiger partial charge in [-0.2, -0.15) is 0 Å². The van der Waals surface area contributed by atoms with Crippen LogP contribution in [0.2, 0.25) is 0 Å². The molecular weight excluding hydrogens is 366 g/mol. The molecule has 18 heavy (non-hydrogen) atoms. The Morgan fingerprint density at radius 3 is 2.72 bits per heavy atom. The Labute approximate surface area is 123 Å². The minimum atomic E-state index is -0.873. The maximum absolute atomic E-state index is 10.8. The van der Waals surface area contributed by atoms with Crippen molar-refractivity contribution in [2.24, 2.45) is 0 Å². The van der Waals surface area contributed by atoms with Crippen LogP contribution in [-0.4, -0.2) is 23.7 Å². The molecule has 0 saturated heterocycles. The number of benzene rings is 1. The molecule has 0 aromatic heterocycles. The van der Waals surface area contributed by atoms with Gasteiger partial charge >= 0.3 is 5.97 Å². The van der Waals surface area contributed by atoms with Crippen molar-refractivity contribution in [2.45, 2.75) is 26.4 Å². The number of carbonyl (C=O) groups is 1. The van der Waals surface area contributed by atoms with Crippen molar-refractivity contribution < 1.29 is 14.6 Å². The van der Waals surface area contributed by atoms with E-state index in [9.17, 15) is 4.79 Å². The summed E-state index contributed by atoms with van der Waals surface area (Å²) in [5.41, 5.74) is 0.909. The van der Waals surface area contributed by atoms with Crippen LogP contribution in [0.25, 0.3) is 0 Å². The summed E-state index contributed by atoms with van der Waals surface area (Å²) >= 11 is 6.84. The van der Waals surface area contributed by atoms with Gasteiger partial charge in [-0.1, -0.05) is 15.9 Å². The van der Waals surface area contributed by atoms with Crippen molar-refractivity contribution in [3.8, 4) is 5.75 Å². The predicted molar refractivity (Wildman–Crippen MR) is 76.9 cm³/mol. The van der Waals surface area contributed by atoms with Crippen LogP contribution in [-0.2, 0) is 11.3 Å². The molecule has 0 aliphatic heterocycles. The maximum Gasteiger partial charge on any atom is 0.320 e. The first-order valence-electron chi connectivity index (χ1n) is 5.52. The summed E-state index contributed by atoms with van der Waals surface area (Å²) in [7, 11) is 0. The van der Waals surface area contributed by atoms with Crippen molar-refractivity contribution >= 4 is 37.8 Å². The van der Waals surface area contributed by atoms with E-state index >= 15 is 0 Å². The largest absolute Gasteiger partial charge is 0.492 e. The molecule has 0 radical (unpaired) electrons. The van der Waals surface area contributed by atoms with E-state index in [0.29, 0.717) is 13.2 Å². The number of carboxylic acid groups (broad SMARTS) is 1. The van der Waals surface area contributed by atoms with Gasteiger partial charge in [0.15, 0.2) is 0 Å². The minimum Gasteiger partial charge on any atom is -0.492 e. The van der Waals surface area contributed by atoms with Gasteiger partial charge < -0.3 is 15.2 Å². The number of rotatable bonds is 6. The molecule has 0 heterocycles. The molecule has 1 rings (SSSR count). The van der Waals surface area contributed by atoms with Crippen LogP contribution in [0, 0.1) is 0 Å². The van der Waals surface area contributed by atoms with E-state index in [1.807, 2.05) is 19.1 Å². The number of hydrogen-bond acceptors (Lipinski definition) is 3. The zero-order chi connectivity index (χ0) is 13.7. The summed E-state index contributed by atoms with van der Waals surface area (Å²) in [6, 6.07) is 3.21. The number of hydrogen-bond donors (Lipinski definition) is 2. The first kappa shape index (κ1) is 15.5. The summed E-state index contributed by atoms with van der Waals surface area (Å²) in [6.07, 6.45) is 0. The van der Waals surface area contributed by atoms with Gasteiger partial charge in [0.25, 0.3) is 0 Å². The molecule has 4 nitrogen and oxygen atoms in total. The molecule has 0 aliphatic rings. The molecule has 100 valence electrons. The standard InChI is InChI=1S/C12H15Br2NO3/c1-3-18-11-8(4-9(13)5-10(11)14)6-15-7(2)12(16)17/h4-5,7,15H,3,6H2,1-2H3,(H,16,17). The Hall–Kier alpha value is -0.590. The van der Waals surface area contributed by atoms with Gasteiger partial charge in [-0.05, 0) is 41.9 Å². The maximum atomic E-state index is 10.8. The zero-order valence-corrected chi connectivity index (χ0v) is 13.3. The van der Waals surface area contributed by atoms with Crippen LogP contribution in [0.3, 0.4) is 0 Å². The van der Waals surface area contributed by atoms with Gasteiger partial charge in [0.2, 0.25) is 0 Å². The fraction of sp³-hybridized carbons (Fsp3) is 0.417. The Morgan fingerprint density at radius 1 is 1.50 bits per heavy atom. The summed E-state index contributed by atoms with van der Waals surface area (Å²) in [4.78, 5) is 10.8. The number of carboxylic acids is 1. The Morgan fingerprint density at radius 2 is 2.17 bits per heavy atom.